The smallest absolute Gasteiger partial charge is 0.0477 e. The van der Waals surface area contributed by atoms with Crippen LogP contribution in [0.15, 0.2) is 49.1 Å². The molecule has 0 bridgehead atoms. The van der Waals surface area contributed by atoms with Gasteiger partial charge in [0.05, 0.1) is 0 Å². The molecule has 2 aromatic heterocycles. The van der Waals surface area contributed by atoms with Crippen LogP contribution in [0.2, 0.25) is 0 Å². The molecule has 104 valence electrons. The summed E-state index contributed by atoms with van der Waals surface area (Å²) in [4.78, 5) is 10.7. The van der Waals surface area contributed by atoms with Crippen molar-refractivity contribution in [1.29, 1.82) is 0 Å². The fourth-order valence-corrected chi connectivity index (χ4v) is 3.15. The first kappa shape index (κ1) is 13.2. The summed E-state index contributed by atoms with van der Waals surface area (Å²) in [5.41, 5.74) is 8.64. The minimum Gasteiger partial charge on any atom is -0.329 e. The molecule has 4 nitrogen and oxygen atoms in total. The van der Waals surface area contributed by atoms with Crippen LogP contribution in [0.3, 0.4) is 0 Å². The monoisotopic (exact) mass is 268 g/mol. The fourth-order valence-electron chi connectivity index (χ4n) is 3.15. The molecule has 0 aliphatic carbocycles. The molecular weight excluding hydrogens is 248 g/mol. The molecule has 3 rings (SSSR count). The number of nitrogens with two attached hydrogens (primary N) is 1. The third kappa shape index (κ3) is 2.57. The Balaban J connectivity index is 1.87. The molecule has 2 unspecified atom stereocenters. The molecule has 4 heteroatoms. The van der Waals surface area contributed by atoms with E-state index in [9.17, 15) is 0 Å². The first-order chi connectivity index (χ1) is 9.90. The number of hydrogen-bond acceptors (Lipinski definition) is 4. The van der Waals surface area contributed by atoms with Gasteiger partial charge in [-0.25, -0.2) is 0 Å². The molecule has 0 aromatic carbocycles. The Labute approximate surface area is 119 Å². The van der Waals surface area contributed by atoms with Crippen LogP contribution in [-0.4, -0.2) is 28.0 Å². The number of pyridine rings is 2. The minimum absolute atomic E-state index is 0.263. The van der Waals surface area contributed by atoms with Gasteiger partial charge in [-0.1, -0.05) is 0 Å². The van der Waals surface area contributed by atoms with Crippen LogP contribution >= 0.6 is 0 Å². The molecule has 0 amide bonds. The van der Waals surface area contributed by atoms with E-state index in [0.717, 1.165) is 6.54 Å². The van der Waals surface area contributed by atoms with Gasteiger partial charge in [-0.15, -0.1) is 0 Å². The maximum Gasteiger partial charge on any atom is 0.0477 e. The topological polar surface area (TPSA) is 55.0 Å². The Morgan fingerprint density at radius 3 is 2.40 bits per heavy atom. The van der Waals surface area contributed by atoms with Crippen LogP contribution in [-0.2, 0) is 0 Å². The van der Waals surface area contributed by atoms with Crippen molar-refractivity contribution >= 4 is 0 Å². The van der Waals surface area contributed by atoms with Crippen molar-refractivity contribution in [3.05, 3.63) is 60.2 Å². The molecule has 2 aromatic rings. The summed E-state index contributed by atoms with van der Waals surface area (Å²) in [7, 11) is 0. The summed E-state index contributed by atoms with van der Waals surface area (Å²) in [5, 5.41) is 0. The number of aromatic nitrogens is 2. The third-order valence-corrected chi connectivity index (χ3v) is 4.10. The average molecular weight is 268 g/mol. The molecule has 20 heavy (non-hydrogen) atoms. The quantitative estimate of drug-likeness (QED) is 0.924. The van der Waals surface area contributed by atoms with Crippen molar-refractivity contribution in [1.82, 2.24) is 14.9 Å². The van der Waals surface area contributed by atoms with Crippen LogP contribution in [0.5, 0.6) is 0 Å². The molecule has 0 spiro atoms. The molecular formula is C16H20N4. The molecule has 1 aliphatic rings. The number of hydrogen-bond donors (Lipinski definition) is 1. The second-order valence-corrected chi connectivity index (χ2v) is 5.21. The summed E-state index contributed by atoms with van der Waals surface area (Å²) in [6, 6.07) is 9.07. The summed E-state index contributed by atoms with van der Waals surface area (Å²) < 4.78 is 0. The van der Waals surface area contributed by atoms with E-state index in [1.54, 1.807) is 0 Å². The zero-order chi connectivity index (χ0) is 13.8. The largest absolute Gasteiger partial charge is 0.329 e. The lowest BCUT2D eigenvalue weighted by Gasteiger charge is -2.32. The van der Waals surface area contributed by atoms with E-state index in [1.807, 2.05) is 24.8 Å². The number of likely N-dealkylation sites (tertiary alicyclic amines) is 1. The van der Waals surface area contributed by atoms with Gasteiger partial charge in [0.1, 0.15) is 0 Å². The Kier molecular flexibility index (Phi) is 4.04. The predicted molar refractivity (Wildman–Crippen MR) is 79.0 cm³/mol. The van der Waals surface area contributed by atoms with Gasteiger partial charge in [-0.3, -0.25) is 14.9 Å². The first-order valence-electron chi connectivity index (χ1n) is 7.16. The SMILES string of the molecule is NCC(c1ccncc1)N1CCCC1c1ccncc1. The van der Waals surface area contributed by atoms with Crippen LogP contribution in [0.4, 0.5) is 0 Å². The lowest BCUT2D eigenvalue weighted by atomic mass is 10.0. The van der Waals surface area contributed by atoms with Gasteiger partial charge < -0.3 is 5.73 Å². The molecule has 3 heterocycles. The summed E-state index contributed by atoms with van der Waals surface area (Å²) in [5.74, 6) is 0. The number of rotatable bonds is 4. The van der Waals surface area contributed by atoms with Crippen molar-refractivity contribution in [3.63, 3.8) is 0 Å². The van der Waals surface area contributed by atoms with Crippen LogP contribution in [0.25, 0.3) is 0 Å². The van der Waals surface area contributed by atoms with Crippen molar-refractivity contribution in [2.24, 2.45) is 5.73 Å². The van der Waals surface area contributed by atoms with Crippen molar-refractivity contribution in [2.45, 2.75) is 24.9 Å². The molecule has 2 N–H and O–H groups in total. The Morgan fingerprint density at radius 1 is 1.10 bits per heavy atom. The van der Waals surface area contributed by atoms with Gasteiger partial charge in [-0.05, 0) is 54.8 Å². The maximum atomic E-state index is 6.05. The highest BCUT2D eigenvalue weighted by Gasteiger charge is 2.31. The number of nitrogens with zero attached hydrogens (tertiary/aromatic N) is 3. The van der Waals surface area contributed by atoms with Gasteiger partial charge >= 0.3 is 0 Å². The molecule has 1 saturated heterocycles. The Bertz CT molecular complexity index is 529. The molecule has 2 atom stereocenters. The van der Waals surface area contributed by atoms with Gasteiger partial charge in [0.15, 0.2) is 0 Å². The molecule has 0 saturated carbocycles. The van der Waals surface area contributed by atoms with E-state index in [2.05, 4.69) is 39.1 Å². The highest BCUT2D eigenvalue weighted by Crippen LogP contribution is 2.37. The minimum atomic E-state index is 0.263. The van der Waals surface area contributed by atoms with E-state index in [-0.39, 0.29) is 6.04 Å². The van der Waals surface area contributed by atoms with E-state index in [4.69, 9.17) is 5.73 Å². The van der Waals surface area contributed by atoms with Crippen LogP contribution < -0.4 is 5.73 Å². The molecule has 0 radical (unpaired) electrons. The van der Waals surface area contributed by atoms with Gasteiger partial charge in [0.2, 0.25) is 0 Å². The molecule has 1 aliphatic heterocycles. The first-order valence-corrected chi connectivity index (χ1v) is 7.16. The zero-order valence-electron chi connectivity index (χ0n) is 11.5. The average Bonchev–Trinajstić information content (AvgIpc) is 2.99. The van der Waals surface area contributed by atoms with E-state index in [1.165, 1.54) is 24.0 Å². The Hall–Kier alpha value is -1.78. The van der Waals surface area contributed by atoms with Crippen LogP contribution in [0.1, 0.15) is 36.1 Å². The van der Waals surface area contributed by atoms with E-state index >= 15 is 0 Å². The van der Waals surface area contributed by atoms with Gasteiger partial charge in [0, 0.05) is 43.4 Å². The zero-order valence-corrected chi connectivity index (χ0v) is 11.5. The second-order valence-electron chi connectivity index (χ2n) is 5.21. The van der Waals surface area contributed by atoms with Gasteiger partial charge in [0.25, 0.3) is 0 Å². The summed E-state index contributed by atoms with van der Waals surface area (Å²) in [6.45, 7) is 1.72. The standard InChI is InChI=1S/C16H20N4/c17-12-16(14-5-9-19-10-6-14)20-11-1-2-15(20)13-3-7-18-8-4-13/h3-10,15-16H,1-2,11-12,17H2. The van der Waals surface area contributed by atoms with E-state index in [0.29, 0.717) is 12.6 Å². The summed E-state index contributed by atoms with van der Waals surface area (Å²) in [6.07, 6.45) is 9.83. The third-order valence-electron chi connectivity index (χ3n) is 4.10. The maximum absolute atomic E-state index is 6.05. The van der Waals surface area contributed by atoms with Gasteiger partial charge in [-0.2, -0.15) is 0 Å². The second kappa shape index (κ2) is 6.11. The van der Waals surface area contributed by atoms with Crippen molar-refractivity contribution in [2.75, 3.05) is 13.1 Å². The van der Waals surface area contributed by atoms with Crippen molar-refractivity contribution in [3.8, 4) is 0 Å². The van der Waals surface area contributed by atoms with Crippen LogP contribution in [0, 0.1) is 0 Å². The fraction of sp³-hybridized carbons (Fsp3) is 0.375. The van der Waals surface area contributed by atoms with E-state index < -0.39 is 0 Å². The lowest BCUT2D eigenvalue weighted by Crippen LogP contribution is -2.33. The normalized spacial score (nSPS) is 20.9. The van der Waals surface area contributed by atoms with Crippen molar-refractivity contribution < 1.29 is 0 Å². The highest BCUT2D eigenvalue weighted by atomic mass is 15.2. The predicted octanol–water partition coefficient (Wildman–Crippen LogP) is 2.31. The molecule has 1 fully saturated rings. The lowest BCUT2D eigenvalue weighted by molar-refractivity contribution is 0.185. The Morgan fingerprint density at radius 2 is 1.75 bits per heavy atom. The highest BCUT2D eigenvalue weighted by molar-refractivity contribution is 5.21. The summed E-state index contributed by atoms with van der Waals surface area (Å²) >= 11 is 0.